The highest BCUT2D eigenvalue weighted by Gasteiger charge is 2.12. The summed E-state index contributed by atoms with van der Waals surface area (Å²) in [5, 5.41) is 0. The van der Waals surface area contributed by atoms with Crippen molar-refractivity contribution in [1.29, 1.82) is 0 Å². The second-order valence-electron chi connectivity index (χ2n) is 2.42. The molecule has 9 heavy (non-hydrogen) atoms. The molecule has 1 rings (SSSR count). The average Bonchev–Trinajstić information content (AvgIpc) is 2.17. The fourth-order valence-corrected chi connectivity index (χ4v) is 0.932. The highest BCUT2D eigenvalue weighted by molar-refractivity contribution is 5.84. The second kappa shape index (κ2) is 2.97. The van der Waals surface area contributed by atoms with Gasteiger partial charge in [-0.3, -0.25) is 4.99 Å². The van der Waals surface area contributed by atoms with E-state index >= 15 is 0 Å². The minimum atomic E-state index is 0.176. The zero-order valence-electron chi connectivity index (χ0n) is 6.05. The van der Waals surface area contributed by atoms with Gasteiger partial charge in [0.25, 0.3) is 0 Å². The van der Waals surface area contributed by atoms with E-state index in [1.807, 2.05) is 6.92 Å². The van der Waals surface area contributed by atoms with Crippen molar-refractivity contribution in [2.45, 2.75) is 32.9 Å². The van der Waals surface area contributed by atoms with Crippen LogP contribution in [0.4, 0.5) is 0 Å². The van der Waals surface area contributed by atoms with Gasteiger partial charge in [-0.25, -0.2) is 0 Å². The van der Waals surface area contributed by atoms with Crippen LogP contribution in [0.1, 0.15) is 26.7 Å². The zero-order chi connectivity index (χ0) is 6.69. The number of hydrogen-bond donors (Lipinski definition) is 0. The number of rotatable bonds is 2. The van der Waals surface area contributed by atoms with Gasteiger partial charge in [-0.15, -0.1) is 0 Å². The molecule has 0 aromatic heterocycles. The van der Waals surface area contributed by atoms with Crippen molar-refractivity contribution >= 4 is 5.71 Å². The van der Waals surface area contributed by atoms with E-state index in [9.17, 15) is 0 Å². The van der Waals surface area contributed by atoms with E-state index in [1.165, 1.54) is 0 Å². The van der Waals surface area contributed by atoms with Gasteiger partial charge in [-0.05, 0) is 13.3 Å². The summed E-state index contributed by atoms with van der Waals surface area (Å²) < 4.78 is 5.30. The number of hydrogen-bond acceptors (Lipinski definition) is 2. The molecule has 2 heteroatoms. The Labute approximate surface area is 55.9 Å². The van der Waals surface area contributed by atoms with Gasteiger partial charge in [0.15, 0.2) is 0 Å². The Kier molecular flexibility index (Phi) is 2.22. The van der Waals surface area contributed by atoms with Crippen LogP contribution in [0.25, 0.3) is 0 Å². The molecule has 0 aromatic carbocycles. The van der Waals surface area contributed by atoms with Crippen molar-refractivity contribution in [3.8, 4) is 0 Å². The molecule has 0 bridgehead atoms. The van der Waals surface area contributed by atoms with Gasteiger partial charge >= 0.3 is 0 Å². The van der Waals surface area contributed by atoms with E-state index in [0.717, 1.165) is 25.2 Å². The van der Waals surface area contributed by atoms with Gasteiger partial charge in [0.05, 0.1) is 6.61 Å². The van der Waals surface area contributed by atoms with E-state index < -0.39 is 0 Å². The molecule has 0 amide bonds. The molecule has 1 unspecified atom stereocenters. The maximum absolute atomic E-state index is 5.30. The largest absolute Gasteiger partial charge is 0.351 e. The molecule has 0 N–H and O–H groups in total. The van der Waals surface area contributed by atoms with Crippen LogP contribution in [0.3, 0.4) is 0 Å². The first-order chi connectivity index (χ1) is 4.33. The predicted molar refractivity (Wildman–Crippen MR) is 37.8 cm³/mol. The Balaban J connectivity index is 2.29. The molecule has 0 spiro atoms. The third kappa shape index (κ3) is 1.79. The van der Waals surface area contributed by atoms with Gasteiger partial charge in [-0.1, -0.05) is 13.3 Å². The summed E-state index contributed by atoms with van der Waals surface area (Å²) in [6.07, 6.45) is 2.40. The maximum Gasteiger partial charge on any atom is 0.148 e. The first-order valence-electron chi connectivity index (χ1n) is 3.48. The molecule has 0 radical (unpaired) electrons. The van der Waals surface area contributed by atoms with Crippen LogP contribution in [0.2, 0.25) is 0 Å². The molecule has 52 valence electrons. The van der Waals surface area contributed by atoms with E-state index in [4.69, 9.17) is 4.74 Å². The number of aliphatic imine (C=N–C) groups is 1. The van der Waals surface area contributed by atoms with E-state index in [0.29, 0.717) is 0 Å². The molecular weight excluding hydrogens is 114 g/mol. The fraction of sp³-hybridized carbons (Fsp3) is 0.857. The quantitative estimate of drug-likeness (QED) is 0.552. The number of nitrogens with zero attached hydrogens (tertiary/aromatic N) is 1. The molecule has 0 aromatic rings. The predicted octanol–water partition coefficient (Wildman–Crippen LogP) is 1.60. The first kappa shape index (κ1) is 6.75. The van der Waals surface area contributed by atoms with Gasteiger partial charge < -0.3 is 4.74 Å². The van der Waals surface area contributed by atoms with Crippen molar-refractivity contribution in [3.63, 3.8) is 0 Å². The number of ether oxygens (including phenoxy) is 1. The molecule has 0 saturated carbocycles. The molecule has 1 atom stereocenters. The van der Waals surface area contributed by atoms with Crippen LogP contribution in [0, 0.1) is 0 Å². The van der Waals surface area contributed by atoms with Crippen LogP contribution < -0.4 is 0 Å². The lowest BCUT2D eigenvalue weighted by atomic mass is 10.3. The average molecular weight is 127 g/mol. The first-order valence-corrected chi connectivity index (χ1v) is 3.48. The molecule has 2 nitrogen and oxygen atoms in total. The summed E-state index contributed by atoms with van der Waals surface area (Å²) >= 11 is 0. The SMILES string of the molecule is CCCC1N=C(C)CO1. The van der Waals surface area contributed by atoms with E-state index in [1.54, 1.807) is 0 Å². The lowest BCUT2D eigenvalue weighted by Gasteiger charge is -2.02. The fourth-order valence-electron chi connectivity index (χ4n) is 0.932. The zero-order valence-corrected chi connectivity index (χ0v) is 6.05. The third-order valence-electron chi connectivity index (χ3n) is 1.38. The highest BCUT2D eigenvalue weighted by Crippen LogP contribution is 2.09. The van der Waals surface area contributed by atoms with Crippen LogP contribution in [0.15, 0.2) is 4.99 Å². The summed E-state index contributed by atoms with van der Waals surface area (Å²) in [4.78, 5) is 4.27. The van der Waals surface area contributed by atoms with Crippen molar-refractivity contribution < 1.29 is 4.74 Å². The standard InChI is InChI=1S/C7H13NO/c1-3-4-7-8-6(2)5-9-7/h7H,3-5H2,1-2H3. The van der Waals surface area contributed by atoms with E-state index in [2.05, 4.69) is 11.9 Å². The molecule has 0 fully saturated rings. The molecular formula is C7H13NO. The van der Waals surface area contributed by atoms with Gasteiger partial charge in [-0.2, -0.15) is 0 Å². The molecule has 1 aliphatic heterocycles. The lowest BCUT2D eigenvalue weighted by molar-refractivity contribution is 0.101. The normalized spacial score (nSPS) is 26.4. The van der Waals surface area contributed by atoms with Crippen LogP contribution in [-0.2, 0) is 4.74 Å². The lowest BCUT2D eigenvalue weighted by Crippen LogP contribution is -2.02. The van der Waals surface area contributed by atoms with E-state index in [-0.39, 0.29) is 6.23 Å². The van der Waals surface area contributed by atoms with Gasteiger partial charge in [0.2, 0.25) is 0 Å². The minimum Gasteiger partial charge on any atom is -0.351 e. The topological polar surface area (TPSA) is 21.6 Å². The van der Waals surface area contributed by atoms with Crippen molar-refractivity contribution in [3.05, 3.63) is 0 Å². The Bertz CT molecular complexity index is 120. The maximum atomic E-state index is 5.30. The second-order valence-corrected chi connectivity index (χ2v) is 2.42. The van der Waals surface area contributed by atoms with Crippen LogP contribution >= 0.6 is 0 Å². The van der Waals surface area contributed by atoms with Crippen molar-refractivity contribution in [2.24, 2.45) is 4.99 Å². The van der Waals surface area contributed by atoms with Gasteiger partial charge in [0.1, 0.15) is 6.23 Å². The Morgan fingerprint density at radius 1 is 1.78 bits per heavy atom. The Morgan fingerprint density at radius 3 is 3.00 bits per heavy atom. The summed E-state index contributed by atoms with van der Waals surface area (Å²) in [7, 11) is 0. The Morgan fingerprint density at radius 2 is 2.56 bits per heavy atom. The molecule has 1 aliphatic rings. The Hall–Kier alpha value is -0.370. The van der Waals surface area contributed by atoms with Crippen LogP contribution in [0.5, 0.6) is 0 Å². The van der Waals surface area contributed by atoms with Crippen LogP contribution in [-0.4, -0.2) is 18.5 Å². The smallest absolute Gasteiger partial charge is 0.148 e. The molecule has 1 heterocycles. The van der Waals surface area contributed by atoms with Gasteiger partial charge in [0, 0.05) is 5.71 Å². The summed E-state index contributed by atoms with van der Waals surface area (Å²) in [5.74, 6) is 0. The molecule has 0 aliphatic carbocycles. The third-order valence-corrected chi connectivity index (χ3v) is 1.38. The molecule has 0 saturated heterocycles. The summed E-state index contributed by atoms with van der Waals surface area (Å²) in [5.41, 5.74) is 1.13. The highest BCUT2D eigenvalue weighted by atomic mass is 16.5. The summed E-state index contributed by atoms with van der Waals surface area (Å²) in [6, 6.07) is 0. The van der Waals surface area contributed by atoms with Crippen molar-refractivity contribution in [2.75, 3.05) is 6.61 Å². The monoisotopic (exact) mass is 127 g/mol. The minimum absolute atomic E-state index is 0.176. The summed E-state index contributed by atoms with van der Waals surface area (Å²) in [6.45, 7) is 4.90. The van der Waals surface area contributed by atoms with Crippen molar-refractivity contribution in [1.82, 2.24) is 0 Å².